The third-order valence-electron chi connectivity index (χ3n) is 6.17. The maximum absolute atomic E-state index is 3.50. The number of H-pyrrole nitrogens is 1. The van der Waals surface area contributed by atoms with Gasteiger partial charge >= 0.3 is 0 Å². The number of hydrogen-bond donors (Lipinski definition) is 1. The van der Waals surface area contributed by atoms with Gasteiger partial charge in [0.15, 0.2) is 0 Å². The minimum absolute atomic E-state index is 0.683. The normalized spacial score (nSPS) is 24.8. The summed E-state index contributed by atoms with van der Waals surface area (Å²) in [5, 5.41) is 1.41. The lowest BCUT2D eigenvalue weighted by Gasteiger charge is -2.28. The Morgan fingerprint density at radius 3 is 2.92 bits per heavy atom. The Morgan fingerprint density at radius 2 is 2.00 bits per heavy atom. The molecule has 0 bridgehead atoms. The number of hydrogen-bond acceptors (Lipinski definition) is 1. The van der Waals surface area contributed by atoms with Gasteiger partial charge in [-0.3, -0.25) is 4.90 Å². The van der Waals surface area contributed by atoms with Crippen molar-refractivity contribution in [2.24, 2.45) is 0 Å². The molecule has 3 heterocycles. The summed E-state index contributed by atoms with van der Waals surface area (Å²) >= 11 is 0. The van der Waals surface area contributed by atoms with Gasteiger partial charge in [-0.1, -0.05) is 18.2 Å². The van der Waals surface area contributed by atoms with Crippen molar-refractivity contribution in [1.82, 2.24) is 9.88 Å². The van der Waals surface area contributed by atoms with Crippen LogP contribution in [0.1, 0.15) is 56.1 Å². The van der Waals surface area contributed by atoms with Gasteiger partial charge in [0.2, 0.25) is 0 Å². The molecule has 2 heteroatoms. The van der Waals surface area contributed by atoms with Crippen molar-refractivity contribution in [3.63, 3.8) is 0 Å². The van der Waals surface area contributed by atoms with Crippen molar-refractivity contribution in [2.45, 2.75) is 51.0 Å². The number of aromatic amines is 1. The highest BCUT2D eigenvalue weighted by Gasteiger charge is 2.27. The van der Waals surface area contributed by atoms with E-state index in [1.165, 1.54) is 80.1 Å². The van der Waals surface area contributed by atoms with Crippen LogP contribution >= 0.6 is 0 Å². The van der Waals surface area contributed by atoms with Crippen molar-refractivity contribution in [3.05, 3.63) is 47.7 Å². The minimum Gasteiger partial charge on any atom is -0.361 e. The summed E-state index contributed by atoms with van der Waals surface area (Å²) in [7, 11) is 0. The molecule has 2 aliphatic heterocycles. The first-order valence-corrected chi connectivity index (χ1v) is 9.64. The third kappa shape index (κ3) is 2.44. The van der Waals surface area contributed by atoms with Crippen molar-refractivity contribution in [3.8, 4) is 0 Å². The predicted octanol–water partition coefficient (Wildman–Crippen LogP) is 5.38. The van der Waals surface area contributed by atoms with E-state index in [9.17, 15) is 0 Å². The zero-order chi connectivity index (χ0) is 15.9. The van der Waals surface area contributed by atoms with Crippen molar-refractivity contribution < 1.29 is 0 Å². The molecule has 2 aromatic rings. The highest BCUT2D eigenvalue weighted by Crippen LogP contribution is 2.36. The van der Waals surface area contributed by atoms with E-state index in [-0.39, 0.29) is 0 Å². The van der Waals surface area contributed by atoms with Crippen LogP contribution in [0.3, 0.4) is 0 Å². The molecular weight excluding hydrogens is 292 g/mol. The summed E-state index contributed by atoms with van der Waals surface area (Å²) < 4.78 is 0. The Bertz CT molecular complexity index is 824. The van der Waals surface area contributed by atoms with Crippen LogP contribution in [0.15, 0.2) is 36.5 Å². The van der Waals surface area contributed by atoms with E-state index in [1.807, 2.05) is 0 Å². The first-order chi connectivity index (χ1) is 11.9. The van der Waals surface area contributed by atoms with Crippen LogP contribution in [0, 0.1) is 0 Å². The molecule has 24 heavy (non-hydrogen) atoms. The second-order valence-electron chi connectivity index (χ2n) is 7.63. The Kier molecular flexibility index (Phi) is 3.59. The molecule has 3 aliphatic rings. The number of benzene rings is 1. The standard InChI is InChI=1S/C22H26N2/c1-2-5-16(6-3-1)17-8-9-22-20(14-17)21(15-23-22)18-10-12-24-11-4-7-19(24)13-18/h5,8-9,13-15,19,23H,1-4,6-7,10-12H2/t19-/m1/s1. The van der Waals surface area contributed by atoms with Gasteiger partial charge in [-0.05, 0) is 80.3 Å². The van der Waals surface area contributed by atoms with Crippen LogP contribution in [-0.2, 0) is 0 Å². The quantitative estimate of drug-likeness (QED) is 0.788. The van der Waals surface area contributed by atoms with Crippen molar-refractivity contribution in [2.75, 3.05) is 13.1 Å². The van der Waals surface area contributed by atoms with E-state index in [1.54, 1.807) is 11.1 Å². The van der Waals surface area contributed by atoms with Crippen molar-refractivity contribution in [1.29, 1.82) is 0 Å². The first kappa shape index (κ1) is 14.5. The summed E-state index contributed by atoms with van der Waals surface area (Å²) in [5.41, 5.74) is 7.26. The number of nitrogens with zero attached hydrogens (tertiary/aromatic N) is 1. The van der Waals surface area contributed by atoms with E-state index in [0.717, 1.165) is 0 Å². The molecule has 124 valence electrons. The molecular formula is C22H26N2. The minimum atomic E-state index is 0.683. The summed E-state index contributed by atoms with van der Waals surface area (Å²) in [6.07, 6.45) is 16.3. The molecule has 1 saturated heterocycles. The van der Waals surface area contributed by atoms with E-state index in [4.69, 9.17) is 0 Å². The summed E-state index contributed by atoms with van der Waals surface area (Å²) in [6, 6.07) is 7.69. The third-order valence-corrected chi connectivity index (χ3v) is 6.17. The highest BCUT2D eigenvalue weighted by atomic mass is 15.2. The fourth-order valence-electron chi connectivity index (χ4n) is 4.81. The maximum atomic E-state index is 3.50. The molecule has 1 fully saturated rings. The Labute approximate surface area is 144 Å². The van der Waals surface area contributed by atoms with Gasteiger partial charge in [0.1, 0.15) is 0 Å². The summed E-state index contributed by atoms with van der Waals surface area (Å²) in [5.74, 6) is 0. The maximum Gasteiger partial charge on any atom is 0.0460 e. The zero-order valence-electron chi connectivity index (χ0n) is 14.4. The lowest BCUT2D eigenvalue weighted by Crippen LogP contribution is -2.32. The largest absolute Gasteiger partial charge is 0.361 e. The van der Waals surface area contributed by atoms with Gasteiger partial charge in [-0.2, -0.15) is 0 Å². The molecule has 0 radical (unpaired) electrons. The molecule has 2 nitrogen and oxygen atoms in total. The topological polar surface area (TPSA) is 19.0 Å². The van der Waals surface area contributed by atoms with Crippen LogP contribution in [-0.4, -0.2) is 29.0 Å². The van der Waals surface area contributed by atoms with Crippen LogP contribution in [0.25, 0.3) is 22.0 Å². The van der Waals surface area contributed by atoms with Crippen LogP contribution in [0.4, 0.5) is 0 Å². The average Bonchev–Trinajstić information content (AvgIpc) is 3.27. The van der Waals surface area contributed by atoms with Gasteiger partial charge in [0.25, 0.3) is 0 Å². The fourth-order valence-corrected chi connectivity index (χ4v) is 4.81. The summed E-state index contributed by atoms with van der Waals surface area (Å²) in [6.45, 7) is 2.52. The van der Waals surface area contributed by atoms with E-state index >= 15 is 0 Å². The van der Waals surface area contributed by atoms with Gasteiger partial charge in [-0.15, -0.1) is 0 Å². The van der Waals surface area contributed by atoms with Crippen LogP contribution < -0.4 is 0 Å². The Hall–Kier alpha value is -1.80. The second kappa shape index (κ2) is 5.93. The summed E-state index contributed by atoms with van der Waals surface area (Å²) in [4.78, 5) is 6.15. The molecule has 0 amide bonds. The number of aromatic nitrogens is 1. The second-order valence-corrected chi connectivity index (χ2v) is 7.63. The van der Waals surface area contributed by atoms with E-state index in [0.29, 0.717) is 6.04 Å². The average molecular weight is 318 g/mol. The van der Waals surface area contributed by atoms with Gasteiger partial charge in [0, 0.05) is 35.2 Å². The molecule has 1 atom stereocenters. The lowest BCUT2D eigenvalue weighted by atomic mass is 9.91. The van der Waals surface area contributed by atoms with Crippen LogP contribution in [0.5, 0.6) is 0 Å². The molecule has 0 unspecified atom stereocenters. The fraction of sp³-hybridized carbons (Fsp3) is 0.455. The first-order valence-electron chi connectivity index (χ1n) is 9.64. The molecule has 1 N–H and O–H groups in total. The molecule has 1 aromatic carbocycles. The van der Waals surface area contributed by atoms with Gasteiger partial charge in [0.05, 0.1) is 0 Å². The molecule has 0 saturated carbocycles. The van der Waals surface area contributed by atoms with E-state index < -0.39 is 0 Å². The highest BCUT2D eigenvalue weighted by molar-refractivity contribution is 5.95. The Morgan fingerprint density at radius 1 is 1.00 bits per heavy atom. The number of allylic oxidation sites excluding steroid dienone is 2. The lowest BCUT2D eigenvalue weighted by molar-refractivity contribution is 0.288. The monoisotopic (exact) mass is 318 g/mol. The smallest absolute Gasteiger partial charge is 0.0460 e. The number of nitrogens with one attached hydrogen (secondary N) is 1. The van der Waals surface area contributed by atoms with Gasteiger partial charge < -0.3 is 4.98 Å². The molecule has 5 rings (SSSR count). The molecule has 1 aliphatic carbocycles. The SMILES string of the molecule is C1=C(c2ccc3[nH]cc(C4=C[C@H]5CCCN5CC4)c3c2)CCCC1. The van der Waals surface area contributed by atoms with Crippen molar-refractivity contribution >= 4 is 22.0 Å². The predicted molar refractivity (Wildman–Crippen MR) is 102 cm³/mol. The van der Waals surface area contributed by atoms with Gasteiger partial charge in [-0.25, -0.2) is 0 Å². The molecule has 1 aromatic heterocycles. The Balaban J connectivity index is 1.55. The number of fused-ring (bicyclic) bond motifs is 2. The van der Waals surface area contributed by atoms with Crippen LogP contribution in [0.2, 0.25) is 0 Å². The molecule has 0 spiro atoms. The number of rotatable bonds is 2. The van der Waals surface area contributed by atoms with E-state index in [2.05, 4.69) is 46.4 Å². The zero-order valence-corrected chi connectivity index (χ0v) is 14.4.